The second kappa shape index (κ2) is 7.86. The molecule has 5 rings (SSSR count). The first-order valence-electron chi connectivity index (χ1n) is 9.27. The average molecular weight is 542 g/mol. The zero-order chi connectivity index (χ0) is 21.5. The van der Waals surface area contributed by atoms with Gasteiger partial charge in [-0.2, -0.15) is 4.52 Å². The summed E-state index contributed by atoms with van der Waals surface area (Å²) < 4.78 is 2.57. The summed E-state index contributed by atoms with van der Waals surface area (Å²) in [4.78, 5) is 16.8. The topological polar surface area (TPSA) is 93.3 Å². The molecular formula is C22H13ClIN5O2. The van der Waals surface area contributed by atoms with E-state index >= 15 is 0 Å². The molecule has 1 N–H and O–H groups in total. The van der Waals surface area contributed by atoms with Crippen LogP contribution >= 0.6 is 34.2 Å². The predicted octanol–water partition coefficient (Wildman–Crippen LogP) is 4.81. The molecule has 0 aliphatic rings. The highest BCUT2D eigenvalue weighted by Gasteiger charge is 2.24. The van der Waals surface area contributed by atoms with Gasteiger partial charge in [-0.15, -0.1) is 0 Å². The van der Waals surface area contributed by atoms with E-state index in [1.165, 1.54) is 4.52 Å². The molecule has 0 aliphatic heterocycles. The number of fused-ring (bicyclic) bond motifs is 3. The minimum absolute atomic E-state index is 0.350. The van der Waals surface area contributed by atoms with Gasteiger partial charge in [0.1, 0.15) is 5.92 Å². The molecule has 0 fully saturated rings. The first-order chi connectivity index (χ1) is 15.0. The molecule has 0 spiro atoms. The SMILES string of the molecule is O=C(O)C(c1ccc(I)cc1)c1ccc2c(c1)c(-c1cccc(Cl)c1)nc1nnnn12. The molecule has 0 saturated carbocycles. The zero-order valence-corrected chi connectivity index (χ0v) is 18.7. The minimum Gasteiger partial charge on any atom is -0.481 e. The van der Waals surface area contributed by atoms with Gasteiger partial charge in [0.15, 0.2) is 0 Å². The number of carbonyl (C=O) groups is 1. The Morgan fingerprint density at radius 1 is 1.03 bits per heavy atom. The summed E-state index contributed by atoms with van der Waals surface area (Å²) in [6, 6.07) is 20.3. The van der Waals surface area contributed by atoms with Crippen LogP contribution in [0.4, 0.5) is 0 Å². The van der Waals surface area contributed by atoms with Gasteiger partial charge in [0, 0.05) is 19.5 Å². The Balaban J connectivity index is 1.78. The second-order valence-electron chi connectivity index (χ2n) is 6.96. The van der Waals surface area contributed by atoms with Crippen molar-refractivity contribution in [1.82, 2.24) is 25.0 Å². The van der Waals surface area contributed by atoms with E-state index in [9.17, 15) is 9.90 Å². The van der Waals surface area contributed by atoms with Gasteiger partial charge in [-0.25, -0.2) is 4.98 Å². The molecule has 7 nitrogen and oxygen atoms in total. The van der Waals surface area contributed by atoms with E-state index in [4.69, 9.17) is 11.6 Å². The number of halogens is 2. The molecule has 0 bridgehead atoms. The summed E-state index contributed by atoms with van der Waals surface area (Å²) in [6.07, 6.45) is 0. The normalized spacial score (nSPS) is 12.3. The van der Waals surface area contributed by atoms with Crippen LogP contribution in [0.3, 0.4) is 0 Å². The molecule has 1 atom stereocenters. The molecule has 5 aromatic rings. The van der Waals surface area contributed by atoms with E-state index in [0.29, 0.717) is 27.6 Å². The Morgan fingerprint density at radius 2 is 1.81 bits per heavy atom. The Labute approximate surface area is 194 Å². The lowest BCUT2D eigenvalue weighted by molar-refractivity contribution is -0.137. The molecule has 0 saturated heterocycles. The molecule has 0 amide bonds. The van der Waals surface area contributed by atoms with Gasteiger partial charge in [-0.3, -0.25) is 4.79 Å². The van der Waals surface area contributed by atoms with E-state index in [2.05, 4.69) is 43.1 Å². The molecule has 152 valence electrons. The van der Waals surface area contributed by atoms with Crippen molar-refractivity contribution < 1.29 is 9.90 Å². The van der Waals surface area contributed by atoms with Gasteiger partial charge in [-0.05, 0) is 80.5 Å². The van der Waals surface area contributed by atoms with Crippen LogP contribution in [0.5, 0.6) is 0 Å². The van der Waals surface area contributed by atoms with E-state index in [0.717, 1.165) is 20.0 Å². The number of benzene rings is 3. The summed E-state index contributed by atoms with van der Waals surface area (Å²) in [5.74, 6) is -1.40. The minimum atomic E-state index is -0.929. The van der Waals surface area contributed by atoms with E-state index in [1.54, 1.807) is 12.1 Å². The second-order valence-corrected chi connectivity index (χ2v) is 8.64. The highest BCUT2D eigenvalue weighted by atomic mass is 127. The Hall–Kier alpha value is -3.11. The first-order valence-corrected chi connectivity index (χ1v) is 10.7. The van der Waals surface area contributed by atoms with Crippen LogP contribution in [0.2, 0.25) is 5.02 Å². The van der Waals surface area contributed by atoms with Crippen molar-refractivity contribution >= 4 is 56.8 Å². The molecule has 3 aromatic carbocycles. The lowest BCUT2D eigenvalue weighted by Crippen LogP contribution is -2.13. The number of nitrogens with zero attached hydrogens (tertiary/aromatic N) is 5. The summed E-state index contributed by atoms with van der Waals surface area (Å²) in [7, 11) is 0. The number of carboxylic acids is 1. The molecular weight excluding hydrogens is 529 g/mol. The number of aliphatic carboxylic acids is 1. The largest absolute Gasteiger partial charge is 0.481 e. The lowest BCUT2D eigenvalue weighted by Gasteiger charge is -2.15. The lowest BCUT2D eigenvalue weighted by atomic mass is 9.90. The number of aromatic nitrogens is 5. The molecule has 2 aromatic heterocycles. The average Bonchev–Trinajstić information content (AvgIpc) is 3.23. The fraction of sp³-hybridized carbons (Fsp3) is 0.0455. The van der Waals surface area contributed by atoms with Gasteiger partial charge >= 0.3 is 5.97 Å². The van der Waals surface area contributed by atoms with Crippen molar-refractivity contribution in [1.29, 1.82) is 0 Å². The maximum atomic E-state index is 12.2. The smallest absolute Gasteiger partial charge is 0.315 e. The van der Waals surface area contributed by atoms with Crippen molar-refractivity contribution in [2.45, 2.75) is 5.92 Å². The third kappa shape index (κ3) is 3.61. The third-order valence-corrected chi connectivity index (χ3v) is 6.00. The number of hydrogen-bond acceptors (Lipinski definition) is 5. The molecule has 31 heavy (non-hydrogen) atoms. The van der Waals surface area contributed by atoms with Crippen LogP contribution in [0, 0.1) is 3.57 Å². The summed E-state index contributed by atoms with van der Waals surface area (Å²) in [5.41, 5.74) is 3.49. The maximum absolute atomic E-state index is 12.2. The summed E-state index contributed by atoms with van der Waals surface area (Å²) >= 11 is 8.40. The van der Waals surface area contributed by atoms with Crippen LogP contribution in [0.15, 0.2) is 66.7 Å². The van der Waals surface area contributed by atoms with E-state index in [1.807, 2.05) is 54.6 Å². The van der Waals surface area contributed by atoms with Crippen molar-refractivity contribution in [2.24, 2.45) is 0 Å². The molecule has 2 heterocycles. The first kappa shape index (κ1) is 19.8. The van der Waals surface area contributed by atoms with Crippen molar-refractivity contribution in [2.75, 3.05) is 0 Å². The van der Waals surface area contributed by atoms with Gasteiger partial charge < -0.3 is 5.11 Å². The maximum Gasteiger partial charge on any atom is 0.315 e. The van der Waals surface area contributed by atoms with Crippen molar-refractivity contribution in [3.63, 3.8) is 0 Å². The Bertz CT molecular complexity index is 1450. The third-order valence-electron chi connectivity index (χ3n) is 5.05. The predicted molar refractivity (Wildman–Crippen MR) is 125 cm³/mol. The summed E-state index contributed by atoms with van der Waals surface area (Å²) in [6.45, 7) is 0. The van der Waals surface area contributed by atoms with E-state index < -0.39 is 11.9 Å². The van der Waals surface area contributed by atoms with Gasteiger partial charge in [0.25, 0.3) is 5.78 Å². The van der Waals surface area contributed by atoms with Gasteiger partial charge in [0.2, 0.25) is 0 Å². The summed E-state index contributed by atoms with van der Waals surface area (Å²) in [5, 5.41) is 23.1. The van der Waals surface area contributed by atoms with Crippen molar-refractivity contribution in [3.8, 4) is 11.3 Å². The number of rotatable bonds is 4. The molecule has 9 heteroatoms. The zero-order valence-electron chi connectivity index (χ0n) is 15.8. The van der Waals surface area contributed by atoms with E-state index in [-0.39, 0.29) is 0 Å². The van der Waals surface area contributed by atoms with Crippen LogP contribution in [-0.2, 0) is 4.79 Å². The number of tetrazole rings is 1. The molecule has 0 radical (unpaired) electrons. The van der Waals surface area contributed by atoms with Crippen LogP contribution in [0.25, 0.3) is 27.9 Å². The highest BCUT2D eigenvalue weighted by Crippen LogP contribution is 2.33. The monoisotopic (exact) mass is 541 g/mol. The Kier molecular flexibility index (Phi) is 5.03. The molecule has 0 aliphatic carbocycles. The van der Waals surface area contributed by atoms with Gasteiger partial charge in [-0.1, -0.05) is 47.0 Å². The quantitative estimate of drug-likeness (QED) is 0.328. The Morgan fingerprint density at radius 3 is 2.55 bits per heavy atom. The van der Waals surface area contributed by atoms with Crippen LogP contribution in [-0.4, -0.2) is 36.1 Å². The fourth-order valence-corrected chi connectivity index (χ4v) is 4.21. The fourth-order valence-electron chi connectivity index (χ4n) is 3.66. The van der Waals surface area contributed by atoms with Gasteiger partial charge in [0.05, 0.1) is 11.2 Å². The number of hydrogen-bond donors (Lipinski definition) is 1. The number of carboxylic acid groups (broad SMARTS) is 1. The highest BCUT2D eigenvalue weighted by molar-refractivity contribution is 14.1. The standard InChI is InChI=1S/C22H13ClIN5O2/c23-15-3-1-2-14(10-15)20-17-11-13(6-9-18(17)29-22(25-20)26-27-28-29)19(21(30)31)12-4-7-16(24)8-5-12/h1-11,19H,(H,30,31). The van der Waals surface area contributed by atoms with Crippen LogP contribution in [0.1, 0.15) is 17.0 Å². The molecule has 1 unspecified atom stereocenters. The van der Waals surface area contributed by atoms with Crippen LogP contribution < -0.4 is 0 Å². The van der Waals surface area contributed by atoms with Crippen molar-refractivity contribution in [3.05, 3.63) is 86.4 Å².